The van der Waals surface area contributed by atoms with Gasteiger partial charge in [0.25, 0.3) is 5.56 Å². The average molecular weight is 332 g/mol. The first-order valence-corrected chi connectivity index (χ1v) is 6.75. The minimum atomic E-state index is -0.310. The van der Waals surface area contributed by atoms with Gasteiger partial charge in [-0.1, -0.05) is 19.3 Å². The monoisotopic (exact) mass is 330 g/mol. The summed E-state index contributed by atoms with van der Waals surface area (Å²) in [5.74, 6) is 0.358. The second kappa shape index (κ2) is 10.1. The predicted octanol–water partition coefficient (Wildman–Crippen LogP) is 1.84. The van der Waals surface area contributed by atoms with Crippen molar-refractivity contribution in [1.82, 2.24) is 4.73 Å². The third kappa shape index (κ3) is 5.73. The van der Waals surface area contributed by atoms with Crippen LogP contribution in [-0.2, 0) is 19.5 Å². The third-order valence-electron chi connectivity index (χ3n) is 3.31. The third-order valence-corrected chi connectivity index (χ3v) is 3.31. The van der Waals surface area contributed by atoms with Crippen LogP contribution in [0.25, 0.3) is 5.73 Å². The van der Waals surface area contributed by atoms with E-state index in [9.17, 15) is 10.0 Å². The van der Waals surface area contributed by atoms with Crippen molar-refractivity contribution in [2.75, 3.05) is 13.2 Å². The summed E-state index contributed by atoms with van der Waals surface area (Å²) in [5, 5.41) is 18.8. The Kier molecular flexibility index (Phi) is 9.73. The molecule has 0 radical (unpaired) electrons. The minimum absolute atomic E-state index is 0. The molecule has 0 aromatic carbocycles. The number of nitrogens with one attached hydrogen (secondary N) is 1. The van der Waals surface area contributed by atoms with Crippen molar-refractivity contribution in [3.63, 3.8) is 0 Å². The zero-order valence-corrected chi connectivity index (χ0v) is 15.1. The van der Waals surface area contributed by atoms with Crippen LogP contribution in [0.3, 0.4) is 0 Å². The molecule has 1 aromatic heterocycles. The fourth-order valence-electron chi connectivity index (χ4n) is 2.41. The topological polar surface area (TPSA) is 89.1 Å². The number of aryl methyl sites for hydroxylation is 1. The summed E-state index contributed by atoms with van der Waals surface area (Å²) in [6, 6.07) is 3.39. The molecule has 1 heterocycles. The zero-order valence-electron chi connectivity index (χ0n) is 12.1. The molecule has 0 unspecified atom stereocenters. The molecule has 108 valence electrons. The molecular weight excluding hydrogens is 310 g/mol. The van der Waals surface area contributed by atoms with Gasteiger partial charge in [-0.2, -0.15) is 17.9 Å². The second-order valence-corrected chi connectivity index (χ2v) is 4.90. The van der Waals surface area contributed by atoms with Gasteiger partial charge in [-0.15, -0.1) is 0 Å². The Balaban J connectivity index is 0.000000644. The molecule has 0 spiro atoms. The van der Waals surface area contributed by atoms with Gasteiger partial charge in [0, 0.05) is 12.0 Å². The Labute approximate surface area is 132 Å². The van der Waals surface area contributed by atoms with Gasteiger partial charge in [-0.05, 0) is 31.4 Å². The van der Waals surface area contributed by atoms with E-state index in [-0.39, 0.29) is 38.2 Å². The van der Waals surface area contributed by atoms with Crippen LogP contribution in [0.2, 0.25) is 0 Å². The summed E-state index contributed by atoms with van der Waals surface area (Å²) < 4.78 is 0.822. The molecule has 0 atom stereocenters. The van der Waals surface area contributed by atoms with E-state index in [1.54, 1.807) is 0 Å². The van der Waals surface area contributed by atoms with Crippen LogP contribution < -0.4 is 10.7 Å². The molecule has 20 heavy (non-hydrogen) atoms. The van der Waals surface area contributed by atoms with E-state index in [0.717, 1.165) is 28.8 Å². The zero-order chi connectivity index (χ0) is 14.3. The van der Waals surface area contributed by atoms with Gasteiger partial charge < -0.3 is 16.0 Å². The molecule has 1 saturated carbocycles. The Bertz CT molecular complexity index is 441. The molecule has 1 aliphatic rings. The molecule has 5 nitrogen and oxygen atoms in total. The van der Waals surface area contributed by atoms with Crippen LogP contribution in [0.1, 0.15) is 49.3 Å². The standard InChI is InChI=1S/C12H17NO2.C2H5NO.Zn/c1-9-7-11(13(15)12(14)8-9)10-5-3-2-4-6-10;3-1-2-4;/h7-8,10,15H,2-6H2,1H3;3H,1-2H2;/q;-2;+2. The molecule has 2 rings (SSSR count). The first-order valence-electron chi connectivity index (χ1n) is 6.75. The molecular formula is C14H22N2O3Zn. The minimum Gasteiger partial charge on any atom is -0.856 e. The van der Waals surface area contributed by atoms with Gasteiger partial charge in [0.1, 0.15) is 0 Å². The maximum atomic E-state index is 11.4. The van der Waals surface area contributed by atoms with E-state index in [1.807, 2.05) is 13.0 Å². The van der Waals surface area contributed by atoms with Crippen molar-refractivity contribution in [3.8, 4) is 0 Å². The first kappa shape index (κ1) is 19.3. The van der Waals surface area contributed by atoms with E-state index in [1.165, 1.54) is 25.3 Å². The van der Waals surface area contributed by atoms with E-state index in [4.69, 9.17) is 10.8 Å². The Hall–Kier alpha value is -0.707. The van der Waals surface area contributed by atoms with Gasteiger partial charge in [0.2, 0.25) is 0 Å². The maximum absolute atomic E-state index is 11.4. The Morgan fingerprint density at radius 3 is 2.40 bits per heavy atom. The molecule has 1 aliphatic carbocycles. The second-order valence-electron chi connectivity index (χ2n) is 4.90. The number of hydrogen-bond donors (Lipinski definition) is 1. The number of rotatable bonds is 2. The Morgan fingerprint density at radius 1 is 1.35 bits per heavy atom. The molecule has 0 amide bonds. The fourth-order valence-corrected chi connectivity index (χ4v) is 2.41. The van der Waals surface area contributed by atoms with E-state index < -0.39 is 0 Å². The Morgan fingerprint density at radius 2 is 1.90 bits per heavy atom. The molecule has 6 heteroatoms. The molecule has 0 bridgehead atoms. The first-order chi connectivity index (χ1) is 9.10. The van der Waals surface area contributed by atoms with E-state index in [2.05, 4.69) is 0 Å². The molecule has 1 fully saturated rings. The van der Waals surface area contributed by atoms with Gasteiger partial charge in [0.15, 0.2) is 0 Å². The molecule has 0 aliphatic heterocycles. The summed E-state index contributed by atoms with van der Waals surface area (Å²) >= 11 is 0. The number of nitrogens with zero attached hydrogens (tertiary/aromatic N) is 1. The normalized spacial score (nSPS) is 14.9. The summed E-state index contributed by atoms with van der Waals surface area (Å²) in [5.41, 5.74) is 7.56. The van der Waals surface area contributed by atoms with Gasteiger partial charge in [0.05, 0.1) is 5.69 Å². The average Bonchev–Trinajstić information content (AvgIpc) is 2.44. The van der Waals surface area contributed by atoms with E-state index >= 15 is 0 Å². The van der Waals surface area contributed by atoms with E-state index in [0.29, 0.717) is 5.92 Å². The van der Waals surface area contributed by atoms with Crippen molar-refractivity contribution < 1.29 is 29.8 Å². The summed E-state index contributed by atoms with van der Waals surface area (Å²) in [7, 11) is 0. The summed E-state index contributed by atoms with van der Waals surface area (Å²) in [4.78, 5) is 11.4. The van der Waals surface area contributed by atoms with Crippen LogP contribution in [-0.4, -0.2) is 23.1 Å². The van der Waals surface area contributed by atoms with Crippen LogP contribution in [0.15, 0.2) is 16.9 Å². The number of pyridine rings is 1. The largest absolute Gasteiger partial charge is 2.00 e. The van der Waals surface area contributed by atoms with Crippen molar-refractivity contribution in [2.24, 2.45) is 0 Å². The molecule has 2 N–H and O–H groups in total. The van der Waals surface area contributed by atoms with Crippen LogP contribution >= 0.6 is 0 Å². The molecule has 1 aromatic rings. The fraction of sp³-hybridized carbons (Fsp3) is 0.643. The van der Waals surface area contributed by atoms with Crippen LogP contribution in [0.5, 0.6) is 0 Å². The smallest absolute Gasteiger partial charge is 0.856 e. The van der Waals surface area contributed by atoms with Gasteiger partial charge in [-0.25, -0.2) is 0 Å². The van der Waals surface area contributed by atoms with Gasteiger partial charge in [-0.3, -0.25) is 4.79 Å². The quantitative estimate of drug-likeness (QED) is 0.662. The van der Waals surface area contributed by atoms with Crippen molar-refractivity contribution in [1.29, 1.82) is 0 Å². The van der Waals surface area contributed by atoms with Crippen molar-refractivity contribution in [3.05, 3.63) is 39.5 Å². The number of aromatic nitrogens is 1. The van der Waals surface area contributed by atoms with Crippen LogP contribution in [0.4, 0.5) is 0 Å². The molecule has 0 saturated heterocycles. The van der Waals surface area contributed by atoms with Crippen molar-refractivity contribution in [2.45, 2.75) is 44.9 Å². The van der Waals surface area contributed by atoms with Crippen LogP contribution in [0, 0.1) is 6.92 Å². The summed E-state index contributed by atoms with van der Waals surface area (Å²) in [6.07, 6.45) is 5.85. The SMILES string of the molecule is Cc1cc(C2CCCCC2)n(O)c(=O)c1.[NH-]CC[O-].[Zn+2]. The van der Waals surface area contributed by atoms with Gasteiger partial charge >= 0.3 is 19.5 Å². The number of hydrogen-bond acceptors (Lipinski definition) is 3. The summed E-state index contributed by atoms with van der Waals surface area (Å²) in [6.45, 7) is 1.65. The van der Waals surface area contributed by atoms with Crippen molar-refractivity contribution >= 4 is 0 Å². The predicted molar refractivity (Wildman–Crippen MR) is 72.5 cm³/mol. The maximum Gasteiger partial charge on any atom is 2.00 e.